The second-order valence-corrected chi connectivity index (χ2v) is 5.76. The number of rotatable bonds is 5. The van der Waals surface area contributed by atoms with Crippen LogP contribution in [-0.2, 0) is 0 Å². The van der Waals surface area contributed by atoms with Crippen molar-refractivity contribution >= 4 is 11.7 Å². The Hall–Kier alpha value is -1.71. The van der Waals surface area contributed by atoms with E-state index in [0.29, 0.717) is 5.92 Å². The molecule has 4 nitrogen and oxygen atoms in total. The molecule has 0 unspecified atom stereocenters. The van der Waals surface area contributed by atoms with E-state index in [9.17, 15) is 4.79 Å². The van der Waals surface area contributed by atoms with E-state index in [0.717, 1.165) is 18.0 Å². The lowest BCUT2D eigenvalue weighted by Gasteiger charge is -2.24. The maximum atomic E-state index is 11.7. The number of ether oxygens (including phenoxy) is 1. The summed E-state index contributed by atoms with van der Waals surface area (Å²) in [6, 6.07) is 7.20. The highest BCUT2D eigenvalue weighted by atomic mass is 16.5. The largest absolute Gasteiger partial charge is 0.491 e. The Morgan fingerprint density at radius 3 is 2.40 bits per heavy atom. The van der Waals surface area contributed by atoms with E-state index in [4.69, 9.17) is 10.5 Å². The summed E-state index contributed by atoms with van der Waals surface area (Å²) >= 11 is 0. The molecule has 0 atom stereocenters. The van der Waals surface area contributed by atoms with E-state index in [-0.39, 0.29) is 12.1 Å². The number of benzene rings is 1. The maximum absolute atomic E-state index is 11.7. The normalized spacial score (nSPS) is 15.6. The van der Waals surface area contributed by atoms with E-state index in [1.165, 1.54) is 25.7 Å². The van der Waals surface area contributed by atoms with Crippen LogP contribution in [-0.4, -0.2) is 18.7 Å². The number of carbonyl (C=O) groups excluding carboxylic acids is 1. The summed E-state index contributed by atoms with van der Waals surface area (Å²) in [5.41, 5.74) is 6.37. The number of anilines is 1. The summed E-state index contributed by atoms with van der Waals surface area (Å²) in [4.78, 5) is 13.3. The molecule has 0 heterocycles. The molecular formula is C16H24N2O2. The van der Waals surface area contributed by atoms with Gasteiger partial charge in [0, 0.05) is 12.2 Å². The van der Waals surface area contributed by atoms with Crippen LogP contribution in [0.5, 0.6) is 5.75 Å². The Labute approximate surface area is 120 Å². The molecule has 0 spiro atoms. The van der Waals surface area contributed by atoms with Gasteiger partial charge in [-0.2, -0.15) is 0 Å². The number of hydrogen-bond acceptors (Lipinski definition) is 2. The van der Waals surface area contributed by atoms with Crippen LogP contribution < -0.4 is 15.4 Å². The Morgan fingerprint density at radius 2 is 1.90 bits per heavy atom. The summed E-state index contributed by atoms with van der Waals surface area (Å²) in [6.07, 6.45) is 5.06. The van der Waals surface area contributed by atoms with Crippen molar-refractivity contribution in [1.82, 2.24) is 0 Å². The zero-order valence-corrected chi connectivity index (χ0v) is 12.3. The average Bonchev–Trinajstić information content (AvgIpc) is 2.89. The molecule has 2 amide bonds. The summed E-state index contributed by atoms with van der Waals surface area (Å²) in [7, 11) is 0. The Balaban J connectivity index is 2.06. The van der Waals surface area contributed by atoms with Gasteiger partial charge in [0.1, 0.15) is 5.75 Å². The third-order valence-electron chi connectivity index (χ3n) is 3.70. The SMILES string of the molecule is CC(C)Oc1ccc(N(CC2CCCC2)C(N)=O)cc1. The molecule has 0 bridgehead atoms. The molecule has 110 valence electrons. The minimum absolute atomic E-state index is 0.145. The first kappa shape index (κ1) is 14.7. The highest BCUT2D eigenvalue weighted by Crippen LogP contribution is 2.28. The summed E-state index contributed by atoms with van der Waals surface area (Å²) in [5, 5.41) is 0. The smallest absolute Gasteiger partial charge is 0.319 e. The van der Waals surface area contributed by atoms with E-state index >= 15 is 0 Å². The van der Waals surface area contributed by atoms with Crippen molar-refractivity contribution in [2.45, 2.75) is 45.6 Å². The molecule has 20 heavy (non-hydrogen) atoms. The van der Waals surface area contributed by atoms with Crippen molar-refractivity contribution in [3.8, 4) is 5.75 Å². The van der Waals surface area contributed by atoms with Gasteiger partial charge in [-0.15, -0.1) is 0 Å². The van der Waals surface area contributed by atoms with Crippen molar-refractivity contribution < 1.29 is 9.53 Å². The molecular weight excluding hydrogens is 252 g/mol. The first-order valence-corrected chi connectivity index (χ1v) is 7.40. The van der Waals surface area contributed by atoms with Crippen LogP contribution in [0.3, 0.4) is 0 Å². The highest BCUT2D eigenvalue weighted by molar-refractivity contribution is 5.90. The second-order valence-electron chi connectivity index (χ2n) is 5.76. The number of amides is 2. The summed E-state index contributed by atoms with van der Waals surface area (Å²) in [5.74, 6) is 1.39. The zero-order valence-electron chi connectivity index (χ0n) is 12.3. The predicted molar refractivity (Wildman–Crippen MR) is 81.1 cm³/mol. The quantitative estimate of drug-likeness (QED) is 0.894. The molecule has 1 aliphatic carbocycles. The molecule has 1 fully saturated rings. The molecule has 2 rings (SSSR count). The lowest BCUT2D eigenvalue weighted by molar-refractivity contribution is 0.242. The van der Waals surface area contributed by atoms with Gasteiger partial charge >= 0.3 is 6.03 Å². The van der Waals surface area contributed by atoms with Gasteiger partial charge in [0.25, 0.3) is 0 Å². The Bertz CT molecular complexity index is 436. The second kappa shape index (κ2) is 6.64. The van der Waals surface area contributed by atoms with Crippen LogP contribution in [0.1, 0.15) is 39.5 Å². The number of urea groups is 1. The van der Waals surface area contributed by atoms with Crippen molar-refractivity contribution in [2.24, 2.45) is 11.7 Å². The molecule has 1 aromatic carbocycles. The van der Waals surface area contributed by atoms with Gasteiger partial charge in [-0.1, -0.05) is 12.8 Å². The number of hydrogen-bond donors (Lipinski definition) is 1. The van der Waals surface area contributed by atoms with Gasteiger partial charge in [0.2, 0.25) is 0 Å². The van der Waals surface area contributed by atoms with Crippen LogP contribution in [0.15, 0.2) is 24.3 Å². The Morgan fingerprint density at radius 1 is 1.30 bits per heavy atom. The maximum Gasteiger partial charge on any atom is 0.319 e. The number of nitrogens with zero attached hydrogens (tertiary/aromatic N) is 1. The third kappa shape index (κ3) is 3.89. The van der Waals surface area contributed by atoms with Crippen molar-refractivity contribution in [2.75, 3.05) is 11.4 Å². The monoisotopic (exact) mass is 276 g/mol. The van der Waals surface area contributed by atoms with Crippen LogP contribution in [0.4, 0.5) is 10.5 Å². The van der Waals surface area contributed by atoms with E-state index < -0.39 is 0 Å². The minimum atomic E-state index is -0.380. The van der Waals surface area contributed by atoms with Gasteiger partial charge < -0.3 is 10.5 Å². The molecule has 0 aliphatic heterocycles. The third-order valence-corrected chi connectivity index (χ3v) is 3.70. The first-order chi connectivity index (χ1) is 9.56. The minimum Gasteiger partial charge on any atom is -0.491 e. The van der Waals surface area contributed by atoms with Crippen molar-refractivity contribution in [3.05, 3.63) is 24.3 Å². The zero-order chi connectivity index (χ0) is 14.5. The lowest BCUT2D eigenvalue weighted by Crippen LogP contribution is -2.38. The van der Waals surface area contributed by atoms with Gasteiger partial charge in [0.05, 0.1) is 6.10 Å². The fourth-order valence-corrected chi connectivity index (χ4v) is 2.75. The standard InChI is InChI=1S/C16H24N2O2/c1-12(2)20-15-9-7-14(8-10-15)18(16(17)19)11-13-5-3-4-6-13/h7-10,12-13H,3-6,11H2,1-2H3,(H2,17,19). The molecule has 1 aromatic rings. The van der Waals surface area contributed by atoms with Crippen molar-refractivity contribution in [1.29, 1.82) is 0 Å². The average molecular weight is 276 g/mol. The Kier molecular flexibility index (Phi) is 4.88. The summed E-state index contributed by atoms with van der Waals surface area (Å²) in [6.45, 7) is 4.70. The lowest BCUT2D eigenvalue weighted by atomic mass is 10.1. The molecule has 2 N–H and O–H groups in total. The van der Waals surface area contributed by atoms with E-state index in [1.807, 2.05) is 38.1 Å². The van der Waals surface area contributed by atoms with Crippen molar-refractivity contribution in [3.63, 3.8) is 0 Å². The van der Waals surface area contributed by atoms with Gasteiger partial charge in [-0.05, 0) is 56.9 Å². The van der Waals surface area contributed by atoms with Crippen LogP contribution in [0.2, 0.25) is 0 Å². The van der Waals surface area contributed by atoms with Gasteiger partial charge in [0.15, 0.2) is 0 Å². The molecule has 1 saturated carbocycles. The molecule has 0 aromatic heterocycles. The van der Waals surface area contributed by atoms with Crippen LogP contribution in [0, 0.1) is 5.92 Å². The summed E-state index contributed by atoms with van der Waals surface area (Å²) < 4.78 is 5.61. The number of primary amides is 1. The number of nitrogens with two attached hydrogens (primary N) is 1. The molecule has 0 radical (unpaired) electrons. The predicted octanol–water partition coefficient (Wildman–Crippen LogP) is 3.55. The van der Waals surface area contributed by atoms with Gasteiger partial charge in [-0.25, -0.2) is 4.79 Å². The van der Waals surface area contributed by atoms with Gasteiger partial charge in [-0.3, -0.25) is 4.90 Å². The first-order valence-electron chi connectivity index (χ1n) is 7.40. The fourth-order valence-electron chi connectivity index (χ4n) is 2.75. The topological polar surface area (TPSA) is 55.6 Å². The van der Waals surface area contributed by atoms with E-state index in [2.05, 4.69) is 0 Å². The van der Waals surface area contributed by atoms with Crippen LogP contribution in [0.25, 0.3) is 0 Å². The number of carbonyl (C=O) groups is 1. The van der Waals surface area contributed by atoms with Crippen LogP contribution >= 0.6 is 0 Å². The fraction of sp³-hybridized carbons (Fsp3) is 0.562. The molecule has 4 heteroatoms. The molecule has 1 aliphatic rings. The van der Waals surface area contributed by atoms with E-state index in [1.54, 1.807) is 4.90 Å². The molecule has 0 saturated heterocycles. The highest BCUT2D eigenvalue weighted by Gasteiger charge is 2.21.